The molecule has 3 aliphatic rings. The average Bonchev–Trinajstić information content (AvgIpc) is 2.90. The first-order valence-electron chi connectivity index (χ1n) is 6.74. The van der Waals surface area contributed by atoms with Gasteiger partial charge in [-0.1, -0.05) is 18.2 Å². The molecule has 0 amide bonds. The van der Waals surface area contributed by atoms with E-state index in [0.717, 1.165) is 25.7 Å². The molecule has 1 unspecified atom stereocenters. The summed E-state index contributed by atoms with van der Waals surface area (Å²) in [6.45, 7) is 8.17. The molecule has 0 spiro atoms. The topological polar surface area (TPSA) is 38.8 Å². The fourth-order valence-electron chi connectivity index (χ4n) is 3.20. The average molecular weight is 248 g/mol. The van der Waals surface area contributed by atoms with E-state index in [4.69, 9.17) is 9.47 Å². The molecule has 18 heavy (non-hydrogen) atoms. The minimum Gasteiger partial charge on any atom is -0.455 e. The molecule has 0 aromatic heterocycles. The third-order valence-corrected chi connectivity index (χ3v) is 4.57. The highest BCUT2D eigenvalue weighted by atomic mass is 16.6. The van der Waals surface area contributed by atoms with Gasteiger partial charge in [-0.2, -0.15) is 0 Å². The van der Waals surface area contributed by atoms with Gasteiger partial charge < -0.3 is 9.47 Å². The maximum atomic E-state index is 11.7. The molecule has 3 rings (SSSR count). The van der Waals surface area contributed by atoms with Crippen LogP contribution in [0.3, 0.4) is 0 Å². The molecule has 1 aliphatic carbocycles. The van der Waals surface area contributed by atoms with Crippen molar-refractivity contribution in [1.29, 1.82) is 0 Å². The molecule has 2 saturated heterocycles. The van der Waals surface area contributed by atoms with Crippen molar-refractivity contribution < 1.29 is 14.3 Å². The summed E-state index contributed by atoms with van der Waals surface area (Å²) in [4.78, 5) is 11.7. The molecule has 2 aliphatic heterocycles. The molecule has 0 N–H and O–H groups in total. The second kappa shape index (κ2) is 3.95. The Labute approximate surface area is 108 Å². The molecule has 98 valence electrons. The Bertz CT molecular complexity index is 437. The highest BCUT2D eigenvalue weighted by Gasteiger charge is 2.61. The zero-order chi connectivity index (χ0) is 12.9. The lowest BCUT2D eigenvalue weighted by molar-refractivity contribution is -0.140. The zero-order valence-corrected chi connectivity index (χ0v) is 11.1. The fraction of sp³-hybridized carbons (Fsp3) is 0.667. The molecule has 0 saturated carbocycles. The zero-order valence-electron chi connectivity index (χ0n) is 11.1. The van der Waals surface area contributed by atoms with Crippen molar-refractivity contribution in [1.82, 2.24) is 0 Å². The lowest BCUT2D eigenvalue weighted by Crippen LogP contribution is -2.28. The Morgan fingerprint density at radius 2 is 2.28 bits per heavy atom. The molecule has 4 atom stereocenters. The van der Waals surface area contributed by atoms with Crippen molar-refractivity contribution in [2.24, 2.45) is 5.92 Å². The minimum atomic E-state index is -0.233. The predicted molar refractivity (Wildman–Crippen MR) is 68.0 cm³/mol. The summed E-state index contributed by atoms with van der Waals surface area (Å²) in [5.74, 6) is -0.102. The summed E-state index contributed by atoms with van der Waals surface area (Å²) in [6, 6.07) is 0. The first-order valence-corrected chi connectivity index (χ1v) is 6.74. The number of rotatable bonds is 0. The predicted octanol–water partition coefficient (Wildman–Crippen LogP) is 2.76. The number of allylic oxidation sites excluding steroid dienone is 2. The van der Waals surface area contributed by atoms with Crippen molar-refractivity contribution in [3.05, 3.63) is 23.8 Å². The van der Waals surface area contributed by atoms with Crippen LogP contribution in [0.15, 0.2) is 23.8 Å². The van der Waals surface area contributed by atoms with Crippen LogP contribution in [0.1, 0.15) is 39.5 Å². The molecule has 2 heterocycles. The van der Waals surface area contributed by atoms with Crippen LogP contribution in [0, 0.1) is 5.92 Å². The minimum absolute atomic E-state index is 0.0671. The van der Waals surface area contributed by atoms with Crippen molar-refractivity contribution in [3.63, 3.8) is 0 Å². The number of carbonyl (C=O) groups is 1. The van der Waals surface area contributed by atoms with E-state index in [0.29, 0.717) is 5.57 Å². The quantitative estimate of drug-likeness (QED) is 0.286. The highest BCUT2D eigenvalue weighted by Crippen LogP contribution is 2.49. The number of epoxide rings is 1. The van der Waals surface area contributed by atoms with Gasteiger partial charge in [-0.05, 0) is 39.5 Å². The number of carbonyl (C=O) groups excluding carboxylic acids is 1. The number of hydrogen-bond donors (Lipinski definition) is 0. The Hall–Kier alpha value is -1.09. The largest absolute Gasteiger partial charge is 0.455 e. The van der Waals surface area contributed by atoms with Gasteiger partial charge in [0.15, 0.2) is 0 Å². The van der Waals surface area contributed by atoms with Crippen molar-refractivity contribution >= 4 is 5.97 Å². The highest BCUT2D eigenvalue weighted by molar-refractivity contribution is 5.91. The molecular weight excluding hydrogens is 228 g/mol. The van der Waals surface area contributed by atoms with E-state index in [2.05, 4.69) is 26.5 Å². The summed E-state index contributed by atoms with van der Waals surface area (Å²) in [5, 5.41) is 0. The van der Waals surface area contributed by atoms with Crippen LogP contribution >= 0.6 is 0 Å². The van der Waals surface area contributed by atoms with E-state index < -0.39 is 0 Å². The Morgan fingerprint density at radius 3 is 3.06 bits per heavy atom. The number of esters is 1. The Balaban J connectivity index is 1.87. The molecule has 3 nitrogen and oxygen atoms in total. The number of fused-ring (bicyclic) bond motifs is 3. The fourth-order valence-corrected chi connectivity index (χ4v) is 3.20. The second-order valence-electron chi connectivity index (χ2n) is 5.98. The van der Waals surface area contributed by atoms with Crippen LogP contribution in [-0.4, -0.2) is 23.8 Å². The summed E-state index contributed by atoms with van der Waals surface area (Å²) in [5.41, 5.74) is 1.91. The second-order valence-corrected chi connectivity index (χ2v) is 5.98. The van der Waals surface area contributed by atoms with Gasteiger partial charge in [-0.25, -0.2) is 4.79 Å². The standard InChI is InChI=1S/C15H20O3/c1-9-5-4-8-15(3)13(18-15)12-11(7-6-9)10(2)14(16)17-12/h5,11-13H,2,4,6-8H2,1,3H3/t11-,12?,13+,15+/m0/s1. The lowest BCUT2D eigenvalue weighted by Gasteiger charge is -2.19. The number of hydrogen-bond acceptors (Lipinski definition) is 3. The molecular formula is C15H20O3. The van der Waals surface area contributed by atoms with E-state index in [1.807, 2.05) is 0 Å². The third kappa shape index (κ3) is 1.81. The summed E-state index contributed by atoms with van der Waals surface area (Å²) < 4.78 is 11.3. The molecule has 0 aromatic carbocycles. The maximum Gasteiger partial charge on any atom is 0.334 e. The maximum absolute atomic E-state index is 11.7. The monoisotopic (exact) mass is 248 g/mol. The van der Waals surface area contributed by atoms with Gasteiger partial charge in [0, 0.05) is 11.5 Å². The van der Waals surface area contributed by atoms with Crippen LogP contribution in [0.2, 0.25) is 0 Å². The molecule has 0 radical (unpaired) electrons. The third-order valence-electron chi connectivity index (χ3n) is 4.57. The van der Waals surface area contributed by atoms with Crippen molar-refractivity contribution in [3.8, 4) is 0 Å². The molecule has 0 bridgehead atoms. The first kappa shape index (κ1) is 12.0. The molecule has 3 heteroatoms. The van der Waals surface area contributed by atoms with E-state index in [1.54, 1.807) is 0 Å². The molecule has 0 aromatic rings. The van der Waals surface area contributed by atoms with Crippen molar-refractivity contribution in [2.75, 3.05) is 0 Å². The first-order chi connectivity index (χ1) is 8.51. The molecule has 2 fully saturated rings. The van der Waals surface area contributed by atoms with Crippen LogP contribution in [-0.2, 0) is 14.3 Å². The van der Waals surface area contributed by atoms with Gasteiger partial charge in [0.2, 0.25) is 0 Å². The van der Waals surface area contributed by atoms with Crippen LogP contribution in [0.5, 0.6) is 0 Å². The van der Waals surface area contributed by atoms with E-state index in [9.17, 15) is 4.79 Å². The van der Waals surface area contributed by atoms with Gasteiger partial charge in [-0.15, -0.1) is 0 Å². The Kier molecular flexibility index (Phi) is 2.63. The van der Waals surface area contributed by atoms with E-state index >= 15 is 0 Å². The lowest BCUT2D eigenvalue weighted by atomic mass is 9.84. The number of ether oxygens (including phenoxy) is 2. The van der Waals surface area contributed by atoms with Gasteiger partial charge in [0.05, 0.1) is 5.60 Å². The van der Waals surface area contributed by atoms with Gasteiger partial charge >= 0.3 is 5.97 Å². The van der Waals surface area contributed by atoms with Crippen LogP contribution < -0.4 is 0 Å². The SMILES string of the molecule is C=C1C(=O)OC2[C@H]3O[C@]3(C)CCC=C(C)CC[C@@H]12. The van der Waals surface area contributed by atoms with Crippen LogP contribution in [0.4, 0.5) is 0 Å². The smallest absolute Gasteiger partial charge is 0.334 e. The summed E-state index contributed by atoms with van der Waals surface area (Å²) in [7, 11) is 0. The van der Waals surface area contributed by atoms with E-state index in [-0.39, 0.29) is 29.7 Å². The normalized spacial score (nSPS) is 43.7. The summed E-state index contributed by atoms with van der Waals surface area (Å²) in [6.07, 6.45) is 6.25. The van der Waals surface area contributed by atoms with Gasteiger partial charge in [-0.3, -0.25) is 0 Å². The summed E-state index contributed by atoms with van der Waals surface area (Å²) >= 11 is 0. The Morgan fingerprint density at radius 1 is 1.50 bits per heavy atom. The van der Waals surface area contributed by atoms with Gasteiger partial charge in [0.25, 0.3) is 0 Å². The van der Waals surface area contributed by atoms with Gasteiger partial charge in [0.1, 0.15) is 12.2 Å². The van der Waals surface area contributed by atoms with E-state index in [1.165, 1.54) is 5.57 Å². The van der Waals surface area contributed by atoms with Crippen molar-refractivity contribution in [2.45, 2.75) is 57.3 Å². The van der Waals surface area contributed by atoms with Crippen LogP contribution in [0.25, 0.3) is 0 Å².